The number of rotatable bonds is 6. The summed E-state index contributed by atoms with van der Waals surface area (Å²) in [5, 5.41) is 7.94. The van der Waals surface area contributed by atoms with Crippen molar-refractivity contribution >= 4 is 24.2 Å². The van der Waals surface area contributed by atoms with E-state index in [1.807, 2.05) is 36.4 Å². The molecule has 0 aromatic heterocycles. The van der Waals surface area contributed by atoms with Crippen LogP contribution in [0.15, 0.2) is 95.1 Å². The van der Waals surface area contributed by atoms with Crippen LogP contribution < -0.4 is 10.9 Å². The summed E-state index contributed by atoms with van der Waals surface area (Å²) in [6, 6.07) is 25.1. The van der Waals surface area contributed by atoms with Gasteiger partial charge in [-0.25, -0.2) is 10.9 Å². The SMILES string of the molecule is O=C(N/N=C/c1cccc(/C=N/NC(=O)c2ccccc2)c1)c1ccccc1. The summed E-state index contributed by atoms with van der Waals surface area (Å²) in [5.74, 6) is -0.559. The lowest BCUT2D eigenvalue weighted by atomic mass is 10.1. The van der Waals surface area contributed by atoms with Crippen molar-refractivity contribution < 1.29 is 9.59 Å². The molecule has 138 valence electrons. The third-order valence-corrected chi connectivity index (χ3v) is 3.74. The van der Waals surface area contributed by atoms with E-state index in [0.29, 0.717) is 11.1 Å². The Bertz CT molecular complexity index is 921. The first-order chi connectivity index (χ1) is 13.7. The van der Waals surface area contributed by atoms with Crippen LogP contribution >= 0.6 is 0 Å². The molecule has 3 rings (SSSR count). The second kappa shape index (κ2) is 9.59. The maximum absolute atomic E-state index is 11.9. The molecular formula is C22H18N4O2. The van der Waals surface area contributed by atoms with Crippen LogP contribution in [0.4, 0.5) is 0 Å². The molecule has 6 heteroatoms. The molecule has 3 aromatic carbocycles. The number of benzene rings is 3. The Morgan fingerprint density at radius 3 is 1.46 bits per heavy atom. The van der Waals surface area contributed by atoms with Crippen molar-refractivity contribution in [3.05, 3.63) is 107 Å². The number of carbonyl (C=O) groups excluding carboxylic acids is 2. The molecule has 0 heterocycles. The molecule has 28 heavy (non-hydrogen) atoms. The van der Waals surface area contributed by atoms with E-state index in [0.717, 1.165) is 11.1 Å². The lowest BCUT2D eigenvalue weighted by molar-refractivity contribution is 0.0947. The minimum absolute atomic E-state index is 0.279. The first kappa shape index (κ1) is 18.7. The molecule has 0 unspecified atom stereocenters. The Morgan fingerprint density at radius 1 is 0.607 bits per heavy atom. The summed E-state index contributed by atoms with van der Waals surface area (Å²) in [4.78, 5) is 23.9. The highest BCUT2D eigenvalue weighted by Gasteiger charge is 2.02. The molecule has 0 aliphatic carbocycles. The average molecular weight is 370 g/mol. The molecule has 6 nitrogen and oxygen atoms in total. The van der Waals surface area contributed by atoms with Crippen LogP contribution in [0, 0.1) is 0 Å². The Hall–Kier alpha value is -4.06. The smallest absolute Gasteiger partial charge is 0.267 e. The van der Waals surface area contributed by atoms with Crippen molar-refractivity contribution in [1.29, 1.82) is 0 Å². The highest BCUT2D eigenvalue weighted by Crippen LogP contribution is 2.02. The van der Waals surface area contributed by atoms with Crippen molar-refractivity contribution in [3.63, 3.8) is 0 Å². The standard InChI is InChI=1S/C22H18N4O2/c27-21(19-10-3-1-4-11-19)25-23-15-17-8-7-9-18(14-17)16-24-26-22(28)20-12-5-2-6-13-20/h1-16H,(H,25,27)(H,26,28)/b23-15+,24-16+. The van der Waals surface area contributed by atoms with Gasteiger partial charge in [-0.05, 0) is 41.5 Å². The van der Waals surface area contributed by atoms with Gasteiger partial charge in [-0.1, -0.05) is 54.6 Å². The molecule has 2 amide bonds. The van der Waals surface area contributed by atoms with Gasteiger partial charge in [0.1, 0.15) is 0 Å². The van der Waals surface area contributed by atoms with E-state index in [4.69, 9.17) is 0 Å². The van der Waals surface area contributed by atoms with E-state index in [9.17, 15) is 9.59 Å². The topological polar surface area (TPSA) is 82.9 Å². The maximum atomic E-state index is 11.9. The van der Waals surface area contributed by atoms with E-state index < -0.39 is 0 Å². The zero-order chi connectivity index (χ0) is 19.6. The summed E-state index contributed by atoms with van der Waals surface area (Å²) in [5.41, 5.74) is 7.61. The zero-order valence-corrected chi connectivity index (χ0v) is 14.9. The minimum atomic E-state index is -0.279. The van der Waals surface area contributed by atoms with Gasteiger partial charge in [0.2, 0.25) is 0 Å². The highest BCUT2D eigenvalue weighted by molar-refractivity contribution is 5.96. The van der Waals surface area contributed by atoms with Crippen molar-refractivity contribution in [2.24, 2.45) is 10.2 Å². The van der Waals surface area contributed by atoms with E-state index in [1.165, 1.54) is 0 Å². The number of nitrogens with one attached hydrogen (secondary N) is 2. The predicted molar refractivity (Wildman–Crippen MR) is 109 cm³/mol. The maximum Gasteiger partial charge on any atom is 0.271 e. The normalized spacial score (nSPS) is 10.9. The van der Waals surface area contributed by atoms with Crippen LogP contribution in [0.25, 0.3) is 0 Å². The molecular weight excluding hydrogens is 352 g/mol. The number of hydrogen-bond acceptors (Lipinski definition) is 4. The molecule has 0 fully saturated rings. The molecule has 0 saturated carbocycles. The summed E-state index contributed by atoms with van der Waals surface area (Å²) >= 11 is 0. The molecule has 0 aliphatic rings. The Morgan fingerprint density at radius 2 is 1.04 bits per heavy atom. The zero-order valence-electron chi connectivity index (χ0n) is 14.9. The van der Waals surface area contributed by atoms with Gasteiger partial charge in [-0.15, -0.1) is 0 Å². The minimum Gasteiger partial charge on any atom is -0.267 e. The molecule has 0 aliphatic heterocycles. The lowest BCUT2D eigenvalue weighted by Gasteiger charge is -2.00. The van der Waals surface area contributed by atoms with Crippen molar-refractivity contribution in [3.8, 4) is 0 Å². The van der Waals surface area contributed by atoms with Crippen molar-refractivity contribution in [2.45, 2.75) is 0 Å². The quantitative estimate of drug-likeness (QED) is 0.516. The number of hydrogen-bond donors (Lipinski definition) is 2. The van der Waals surface area contributed by atoms with Crippen molar-refractivity contribution in [2.75, 3.05) is 0 Å². The first-order valence-corrected chi connectivity index (χ1v) is 8.59. The Labute approximate surface area is 162 Å². The van der Waals surface area contributed by atoms with Gasteiger partial charge in [-0.2, -0.15) is 10.2 Å². The Balaban J connectivity index is 1.56. The second-order valence-corrected chi connectivity index (χ2v) is 5.80. The predicted octanol–water partition coefficient (Wildman–Crippen LogP) is 3.21. The largest absolute Gasteiger partial charge is 0.271 e. The van der Waals surface area contributed by atoms with E-state index in [2.05, 4.69) is 21.1 Å². The van der Waals surface area contributed by atoms with Gasteiger partial charge < -0.3 is 0 Å². The van der Waals surface area contributed by atoms with Gasteiger partial charge in [0.15, 0.2) is 0 Å². The van der Waals surface area contributed by atoms with Gasteiger partial charge in [0, 0.05) is 11.1 Å². The summed E-state index contributed by atoms with van der Waals surface area (Å²) in [6.07, 6.45) is 3.08. The number of amides is 2. The molecule has 2 N–H and O–H groups in total. The molecule has 0 atom stereocenters. The third-order valence-electron chi connectivity index (χ3n) is 3.74. The van der Waals surface area contributed by atoms with Crippen LogP contribution in [0.3, 0.4) is 0 Å². The van der Waals surface area contributed by atoms with E-state index >= 15 is 0 Å². The van der Waals surface area contributed by atoms with Crippen LogP contribution in [0.1, 0.15) is 31.8 Å². The third kappa shape index (κ3) is 5.47. The van der Waals surface area contributed by atoms with Crippen LogP contribution in [0.5, 0.6) is 0 Å². The van der Waals surface area contributed by atoms with Gasteiger partial charge in [-0.3, -0.25) is 9.59 Å². The van der Waals surface area contributed by atoms with Gasteiger partial charge in [0.05, 0.1) is 12.4 Å². The molecule has 0 bridgehead atoms. The average Bonchev–Trinajstić information content (AvgIpc) is 2.75. The Kier molecular flexibility index (Phi) is 6.41. The van der Waals surface area contributed by atoms with Crippen LogP contribution in [0.2, 0.25) is 0 Å². The lowest BCUT2D eigenvalue weighted by Crippen LogP contribution is -2.17. The molecule has 0 saturated heterocycles. The van der Waals surface area contributed by atoms with Gasteiger partial charge in [0.25, 0.3) is 11.8 Å². The fourth-order valence-corrected chi connectivity index (χ4v) is 2.36. The summed E-state index contributed by atoms with van der Waals surface area (Å²) in [7, 11) is 0. The molecule has 0 radical (unpaired) electrons. The summed E-state index contributed by atoms with van der Waals surface area (Å²) < 4.78 is 0. The van der Waals surface area contributed by atoms with E-state index in [-0.39, 0.29) is 11.8 Å². The molecule has 3 aromatic rings. The van der Waals surface area contributed by atoms with Crippen LogP contribution in [-0.2, 0) is 0 Å². The number of nitrogens with zero attached hydrogens (tertiary/aromatic N) is 2. The highest BCUT2D eigenvalue weighted by atomic mass is 16.2. The molecule has 0 spiro atoms. The number of carbonyl (C=O) groups is 2. The summed E-state index contributed by atoms with van der Waals surface area (Å²) in [6.45, 7) is 0. The van der Waals surface area contributed by atoms with Crippen LogP contribution in [-0.4, -0.2) is 24.2 Å². The second-order valence-electron chi connectivity index (χ2n) is 5.80. The monoisotopic (exact) mass is 370 g/mol. The fourth-order valence-electron chi connectivity index (χ4n) is 2.36. The van der Waals surface area contributed by atoms with E-state index in [1.54, 1.807) is 61.0 Å². The van der Waals surface area contributed by atoms with Crippen molar-refractivity contribution in [1.82, 2.24) is 10.9 Å². The fraction of sp³-hybridized carbons (Fsp3) is 0. The number of hydrazone groups is 2. The van der Waals surface area contributed by atoms with Gasteiger partial charge >= 0.3 is 0 Å². The first-order valence-electron chi connectivity index (χ1n) is 8.59.